The summed E-state index contributed by atoms with van der Waals surface area (Å²) in [6.45, 7) is 4.54. The molecule has 2 N–H and O–H groups in total. The number of carbonyl (C=O) groups excluding carboxylic acids is 2. The van der Waals surface area contributed by atoms with E-state index in [0.717, 1.165) is 94.6 Å². The second-order valence-electron chi connectivity index (χ2n) is 18.0. The zero-order chi connectivity index (χ0) is 44.1. The molecule has 18 nitrogen and oxygen atoms in total. The van der Waals surface area contributed by atoms with Gasteiger partial charge in [-0.2, -0.15) is 10.2 Å². The molecule has 0 bridgehead atoms. The van der Waals surface area contributed by atoms with Crippen molar-refractivity contribution in [1.82, 2.24) is 58.7 Å². The van der Waals surface area contributed by atoms with Gasteiger partial charge in [-0.05, 0) is 94.9 Å². The van der Waals surface area contributed by atoms with Crippen LogP contribution in [0.3, 0.4) is 0 Å². The fraction of sp³-hybridized carbons (Fsp3) is 0.545. The van der Waals surface area contributed by atoms with Crippen molar-refractivity contribution in [2.45, 2.75) is 88.8 Å². The lowest BCUT2D eigenvalue weighted by Gasteiger charge is -2.38. The first-order valence-corrected chi connectivity index (χ1v) is 22.5. The van der Waals surface area contributed by atoms with Gasteiger partial charge in [-0.15, -0.1) is 5.10 Å². The van der Waals surface area contributed by atoms with Crippen LogP contribution in [0, 0.1) is 11.8 Å². The molecule has 6 aromatic rings. The molecule has 0 spiro atoms. The van der Waals surface area contributed by atoms with Crippen LogP contribution in [0.4, 0.5) is 20.3 Å². The van der Waals surface area contributed by atoms with E-state index >= 15 is 0 Å². The summed E-state index contributed by atoms with van der Waals surface area (Å²) < 4.78 is 42.3. The van der Waals surface area contributed by atoms with E-state index in [-0.39, 0.29) is 35.4 Å². The first-order valence-electron chi connectivity index (χ1n) is 22.5. The SMILES string of the molecule is CN(CC1CCC(n2cc(-n3cc(-c4cnn5ccc(N6CCOCC6)nc45)nn3)c(C(F)F)n2)CC1)C1CCC(CNc2cccc3c2n(C)c(=O)n3C2CCC(=O)NC2=O)CC1. The third kappa shape index (κ3) is 8.05. The smallest absolute Gasteiger partial charge is 0.329 e. The second kappa shape index (κ2) is 17.5. The monoisotopic (exact) mass is 880 g/mol. The molecule has 1 unspecified atom stereocenters. The zero-order valence-electron chi connectivity index (χ0n) is 36.2. The lowest BCUT2D eigenvalue weighted by Crippen LogP contribution is -2.44. The quantitative estimate of drug-likeness (QED) is 0.159. The molecule has 2 saturated carbocycles. The Kier molecular flexibility index (Phi) is 11.5. The Morgan fingerprint density at radius 1 is 0.969 bits per heavy atom. The lowest BCUT2D eigenvalue weighted by atomic mass is 9.83. The van der Waals surface area contributed by atoms with Crippen molar-refractivity contribution in [2.24, 2.45) is 18.9 Å². The Hall–Kier alpha value is -6.02. The molecule has 10 rings (SSSR count). The first kappa shape index (κ1) is 42.0. The van der Waals surface area contributed by atoms with Crippen molar-refractivity contribution in [3.63, 3.8) is 0 Å². The van der Waals surface area contributed by atoms with Gasteiger partial charge in [0, 0.05) is 51.9 Å². The number of carbonyl (C=O) groups is 2. The molecule has 2 amide bonds. The minimum absolute atomic E-state index is 0.0189. The number of nitrogens with zero attached hydrogens (tertiary/aromatic N) is 12. The van der Waals surface area contributed by atoms with Crippen molar-refractivity contribution in [2.75, 3.05) is 56.7 Å². The van der Waals surface area contributed by atoms with E-state index in [1.807, 2.05) is 30.5 Å². The van der Waals surface area contributed by atoms with Gasteiger partial charge in [0.2, 0.25) is 11.8 Å². The summed E-state index contributed by atoms with van der Waals surface area (Å²) in [4.78, 5) is 47.4. The summed E-state index contributed by atoms with van der Waals surface area (Å²) in [5.41, 5.74) is 3.65. The van der Waals surface area contributed by atoms with Gasteiger partial charge in [-0.25, -0.2) is 27.8 Å². The van der Waals surface area contributed by atoms with Crippen LogP contribution in [-0.4, -0.2) is 118 Å². The van der Waals surface area contributed by atoms with Crippen molar-refractivity contribution in [3.05, 3.63) is 65.2 Å². The van der Waals surface area contributed by atoms with Crippen molar-refractivity contribution < 1.29 is 23.1 Å². The number of alkyl halides is 2. The summed E-state index contributed by atoms with van der Waals surface area (Å²) >= 11 is 0. The highest BCUT2D eigenvalue weighted by Crippen LogP contribution is 2.37. The van der Waals surface area contributed by atoms with Gasteiger partial charge in [-0.1, -0.05) is 11.3 Å². The minimum Gasteiger partial charge on any atom is -0.383 e. The maximum Gasteiger partial charge on any atom is 0.329 e. The average Bonchev–Trinajstić information content (AvgIpc) is 4.12. The third-order valence-corrected chi connectivity index (χ3v) is 14.0. The normalized spacial score (nSPS) is 23.5. The number of aryl methyl sites for hydroxylation is 1. The first-order chi connectivity index (χ1) is 31.1. The number of nitrogens with one attached hydrogen (secondary N) is 2. The van der Waals surface area contributed by atoms with Crippen LogP contribution < -0.4 is 21.2 Å². The summed E-state index contributed by atoms with van der Waals surface area (Å²) in [6, 6.07) is 7.45. The molecule has 4 fully saturated rings. The second-order valence-corrected chi connectivity index (χ2v) is 18.0. The highest BCUT2D eigenvalue weighted by atomic mass is 19.3. The predicted molar refractivity (Wildman–Crippen MR) is 234 cm³/mol. The summed E-state index contributed by atoms with van der Waals surface area (Å²) in [5.74, 6) is 1.07. The van der Waals surface area contributed by atoms with Crippen LogP contribution in [0.25, 0.3) is 33.6 Å². The molecule has 64 heavy (non-hydrogen) atoms. The largest absolute Gasteiger partial charge is 0.383 e. The van der Waals surface area contributed by atoms with E-state index in [9.17, 15) is 23.2 Å². The number of benzene rings is 1. The number of piperidine rings is 1. The van der Waals surface area contributed by atoms with E-state index in [4.69, 9.17) is 9.72 Å². The van der Waals surface area contributed by atoms with Gasteiger partial charge < -0.3 is 19.9 Å². The number of ether oxygens (including phenoxy) is 1. The van der Waals surface area contributed by atoms with Crippen LogP contribution >= 0.6 is 0 Å². The number of amides is 2. The van der Waals surface area contributed by atoms with Crippen LogP contribution in [0.5, 0.6) is 0 Å². The topological polar surface area (TPSA) is 180 Å². The molecule has 1 aromatic carbocycles. The van der Waals surface area contributed by atoms with Gasteiger partial charge in [-0.3, -0.25) is 28.7 Å². The molecule has 5 aromatic heterocycles. The van der Waals surface area contributed by atoms with Crippen molar-refractivity contribution >= 4 is 40.0 Å². The Morgan fingerprint density at radius 3 is 2.52 bits per heavy atom. The molecule has 1 atom stereocenters. The number of hydrogen-bond acceptors (Lipinski definition) is 12. The van der Waals surface area contributed by atoms with Crippen LogP contribution in [-0.2, 0) is 21.4 Å². The van der Waals surface area contributed by atoms with Gasteiger partial charge >= 0.3 is 5.69 Å². The molecule has 4 aliphatic rings. The molecule has 0 radical (unpaired) electrons. The highest BCUT2D eigenvalue weighted by Gasteiger charge is 2.33. The predicted octanol–water partition coefficient (Wildman–Crippen LogP) is 4.91. The number of hydrogen-bond donors (Lipinski definition) is 2. The number of anilines is 2. The fourth-order valence-corrected chi connectivity index (χ4v) is 10.4. The van der Waals surface area contributed by atoms with E-state index in [0.29, 0.717) is 59.9 Å². The Labute approximate surface area is 367 Å². The molecule has 2 aliphatic heterocycles. The molecular weight excluding hydrogens is 827 g/mol. The summed E-state index contributed by atoms with van der Waals surface area (Å²) in [7, 11) is 3.96. The van der Waals surface area contributed by atoms with Crippen LogP contribution in [0.1, 0.15) is 88.4 Å². The number of morpholine rings is 1. The molecule has 20 heteroatoms. The van der Waals surface area contributed by atoms with E-state index in [1.54, 1.807) is 39.4 Å². The number of para-hydroxylation sites is 1. The van der Waals surface area contributed by atoms with Crippen LogP contribution in [0.15, 0.2) is 53.8 Å². The fourth-order valence-electron chi connectivity index (χ4n) is 10.4. The number of imide groups is 1. The average molecular weight is 881 g/mol. The number of fused-ring (bicyclic) bond motifs is 2. The van der Waals surface area contributed by atoms with Gasteiger partial charge in [0.1, 0.15) is 23.2 Å². The molecule has 2 aliphatic carbocycles. The highest BCUT2D eigenvalue weighted by molar-refractivity contribution is 6.00. The minimum atomic E-state index is -2.78. The number of rotatable bonds is 12. The Bertz CT molecular complexity index is 2720. The molecule has 7 heterocycles. The maximum absolute atomic E-state index is 14.5. The van der Waals surface area contributed by atoms with Crippen LogP contribution in [0.2, 0.25) is 0 Å². The standard InChI is InChI=1S/C44H54F2N14O4/c1-54(29-10-6-27(7-11-29)22-47-32-4-3-5-34-40(32)55(2)44(63)60(34)35-14-15-38(61)50-43(35)62)24-28-8-12-30(13-9-28)58-26-36(39(52-58)41(45)46)59-25-33(51-53-59)31-23-48-57-17-16-37(49-42(31)57)56-18-20-64-21-19-56/h3-5,16-17,23,25-30,35,41,47H,6-15,18-22,24H2,1-2H3,(H,50,61,62). The third-order valence-electron chi connectivity index (χ3n) is 14.0. The zero-order valence-corrected chi connectivity index (χ0v) is 36.2. The number of halogens is 2. The molecule has 2 saturated heterocycles. The molecular formula is C44H54F2N14O4. The lowest BCUT2D eigenvalue weighted by molar-refractivity contribution is -0.135. The van der Waals surface area contributed by atoms with Crippen molar-refractivity contribution in [3.8, 4) is 16.9 Å². The van der Waals surface area contributed by atoms with Crippen molar-refractivity contribution in [1.29, 1.82) is 0 Å². The summed E-state index contributed by atoms with van der Waals surface area (Å²) in [5, 5.41) is 23.5. The van der Waals surface area contributed by atoms with E-state index in [1.165, 1.54) is 9.25 Å². The maximum atomic E-state index is 14.5. The van der Waals surface area contributed by atoms with Gasteiger partial charge in [0.05, 0.1) is 60.1 Å². The Morgan fingerprint density at radius 2 is 1.75 bits per heavy atom. The van der Waals surface area contributed by atoms with Gasteiger partial charge in [0.15, 0.2) is 11.3 Å². The van der Waals surface area contributed by atoms with E-state index in [2.05, 4.69) is 48.0 Å². The summed E-state index contributed by atoms with van der Waals surface area (Å²) in [6.07, 6.45) is 12.7. The van der Waals surface area contributed by atoms with E-state index < -0.39 is 18.4 Å². The number of aromatic nitrogens is 10. The Balaban J connectivity index is 0.725. The molecule has 338 valence electrons. The van der Waals surface area contributed by atoms with Gasteiger partial charge in [0.25, 0.3) is 6.43 Å². The number of imidazole rings is 1.